The van der Waals surface area contributed by atoms with E-state index < -0.39 is 18.1 Å². The van der Waals surface area contributed by atoms with Crippen LogP contribution in [-0.4, -0.2) is 24.0 Å². The lowest BCUT2D eigenvalue weighted by atomic mass is 10.2. The van der Waals surface area contributed by atoms with Crippen LogP contribution in [0.5, 0.6) is 5.75 Å². The number of carbonyl (C=O) groups is 1. The minimum absolute atomic E-state index is 0.0198. The Hall–Kier alpha value is -2.67. The smallest absolute Gasteiger partial charge is 0.464 e. The average molecular weight is 404 g/mol. The molecule has 1 aromatic heterocycles. The molecule has 0 aliphatic carbocycles. The first kappa shape index (κ1) is 17.7. The monoisotopic (exact) mass is 403 g/mol. The van der Waals surface area contributed by atoms with Crippen molar-refractivity contribution in [3.05, 3.63) is 40.1 Å². The summed E-state index contributed by atoms with van der Waals surface area (Å²) in [6.07, 6.45) is -3.66. The molecule has 0 radical (unpaired) electrons. The number of rotatable bonds is 3. The predicted octanol–water partition coefficient (Wildman–Crippen LogP) is 3.38. The Morgan fingerprint density at radius 1 is 1.38 bits per heavy atom. The third kappa shape index (κ3) is 3.62. The molecule has 0 aliphatic rings. The Bertz CT molecular complexity index is 840. The van der Waals surface area contributed by atoms with Gasteiger partial charge in [-0.2, -0.15) is 5.26 Å². The maximum absolute atomic E-state index is 12.4. The Labute approximate surface area is 142 Å². The summed E-state index contributed by atoms with van der Waals surface area (Å²) in [6.45, 7) is 0. The third-order valence-electron chi connectivity index (χ3n) is 2.91. The van der Waals surface area contributed by atoms with Crippen molar-refractivity contribution in [1.29, 1.82) is 5.26 Å². The Balaban J connectivity index is 2.64. The van der Waals surface area contributed by atoms with Crippen LogP contribution in [0.25, 0.3) is 5.69 Å². The van der Waals surface area contributed by atoms with Gasteiger partial charge in [-0.15, -0.1) is 13.2 Å². The molecule has 2 rings (SSSR count). The number of hydrogen-bond acceptors (Lipinski definition) is 5. The van der Waals surface area contributed by atoms with Crippen molar-refractivity contribution in [2.75, 3.05) is 12.8 Å². The highest BCUT2D eigenvalue weighted by Crippen LogP contribution is 2.31. The Morgan fingerprint density at radius 2 is 2.04 bits per heavy atom. The van der Waals surface area contributed by atoms with Crippen LogP contribution in [0, 0.1) is 11.3 Å². The van der Waals surface area contributed by atoms with Crippen molar-refractivity contribution < 1.29 is 27.4 Å². The number of anilines is 1. The van der Waals surface area contributed by atoms with Gasteiger partial charge < -0.3 is 19.8 Å². The second kappa shape index (κ2) is 6.45. The number of nitrogen functional groups attached to an aromatic ring is 1. The highest BCUT2D eigenvalue weighted by molar-refractivity contribution is 9.10. The number of benzene rings is 1. The van der Waals surface area contributed by atoms with Crippen LogP contribution in [0.1, 0.15) is 16.1 Å². The van der Waals surface area contributed by atoms with E-state index in [2.05, 4.69) is 25.4 Å². The number of alkyl halides is 3. The van der Waals surface area contributed by atoms with Crippen LogP contribution in [0.4, 0.5) is 18.9 Å². The zero-order valence-corrected chi connectivity index (χ0v) is 13.6. The molecular formula is C14H9BrF3N3O3. The largest absolute Gasteiger partial charge is 0.573 e. The molecule has 2 N–H and O–H groups in total. The van der Waals surface area contributed by atoms with Gasteiger partial charge in [0, 0.05) is 16.7 Å². The number of nitrogens with zero attached hydrogens (tertiary/aromatic N) is 2. The van der Waals surface area contributed by atoms with Crippen LogP contribution in [0.2, 0.25) is 0 Å². The number of esters is 1. The van der Waals surface area contributed by atoms with Crippen molar-refractivity contribution in [3.63, 3.8) is 0 Å². The van der Waals surface area contributed by atoms with Gasteiger partial charge in [0.2, 0.25) is 0 Å². The molecule has 2 aromatic rings. The van der Waals surface area contributed by atoms with E-state index in [4.69, 9.17) is 11.0 Å². The van der Waals surface area contributed by atoms with Crippen LogP contribution in [-0.2, 0) is 4.74 Å². The first-order valence-corrected chi connectivity index (χ1v) is 7.01. The summed E-state index contributed by atoms with van der Waals surface area (Å²) in [6, 6.07) is 5.37. The lowest BCUT2D eigenvalue weighted by molar-refractivity contribution is -0.274. The van der Waals surface area contributed by atoms with Crippen LogP contribution in [0.15, 0.2) is 28.9 Å². The Kier molecular flexibility index (Phi) is 4.75. The summed E-state index contributed by atoms with van der Waals surface area (Å²) in [4.78, 5) is 11.9. The summed E-state index contributed by atoms with van der Waals surface area (Å²) in [5.74, 6) is -1.35. The molecule has 10 heteroatoms. The number of halogens is 4. The van der Waals surface area contributed by atoms with Crippen molar-refractivity contribution in [2.45, 2.75) is 6.36 Å². The molecule has 126 valence electrons. The number of nitrogens with two attached hydrogens (primary N) is 1. The average Bonchev–Trinajstić information content (AvgIpc) is 2.81. The number of methoxy groups -OCH3 is 1. The van der Waals surface area contributed by atoms with E-state index in [1.54, 1.807) is 6.07 Å². The number of hydrogen-bond donors (Lipinski definition) is 1. The summed E-state index contributed by atoms with van der Waals surface area (Å²) < 4.78 is 47.1. The zero-order valence-electron chi connectivity index (χ0n) is 12.0. The van der Waals surface area contributed by atoms with Crippen LogP contribution in [0.3, 0.4) is 0 Å². The lowest BCUT2D eigenvalue weighted by Crippen LogP contribution is -2.17. The second-order valence-corrected chi connectivity index (χ2v) is 5.39. The van der Waals surface area contributed by atoms with Gasteiger partial charge in [-0.1, -0.05) is 15.9 Å². The molecule has 0 amide bonds. The predicted molar refractivity (Wildman–Crippen MR) is 80.6 cm³/mol. The molecule has 0 saturated heterocycles. The molecule has 1 heterocycles. The first-order chi connectivity index (χ1) is 11.2. The first-order valence-electron chi connectivity index (χ1n) is 6.22. The molecule has 1 aromatic carbocycles. The normalized spacial score (nSPS) is 11.0. The van der Waals surface area contributed by atoms with Gasteiger partial charge in [-0.3, -0.25) is 0 Å². The molecule has 0 spiro atoms. The Morgan fingerprint density at radius 3 is 2.58 bits per heavy atom. The summed E-state index contributed by atoms with van der Waals surface area (Å²) in [5.41, 5.74) is 5.53. The van der Waals surface area contributed by atoms with Gasteiger partial charge in [0.15, 0.2) is 5.69 Å². The zero-order chi connectivity index (χ0) is 18.1. The fourth-order valence-corrected chi connectivity index (χ4v) is 2.46. The van der Waals surface area contributed by atoms with E-state index in [-0.39, 0.29) is 27.1 Å². The molecule has 0 unspecified atom stereocenters. The van der Waals surface area contributed by atoms with Gasteiger partial charge >= 0.3 is 12.3 Å². The van der Waals surface area contributed by atoms with Crippen LogP contribution < -0.4 is 10.5 Å². The number of carbonyl (C=O) groups excluding carboxylic acids is 1. The number of ether oxygens (including phenoxy) is 2. The molecule has 0 saturated carbocycles. The fraction of sp³-hybridized carbons (Fsp3) is 0.143. The molecular weight excluding hydrogens is 395 g/mol. The fourth-order valence-electron chi connectivity index (χ4n) is 2.00. The van der Waals surface area contributed by atoms with Crippen molar-refractivity contribution in [1.82, 2.24) is 4.57 Å². The van der Waals surface area contributed by atoms with E-state index in [9.17, 15) is 18.0 Å². The number of aromatic nitrogens is 1. The molecule has 0 fully saturated rings. The van der Waals surface area contributed by atoms with Crippen LogP contribution >= 0.6 is 15.9 Å². The van der Waals surface area contributed by atoms with Crippen molar-refractivity contribution in [2.24, 2.45) is 0 Å². The maximum atomic E-state index is 12.4. The molecule has 24 heavy (non-hydrogen) atoms. The molecule has 0 aliphatic heterocycles. The standard InChI is InChI=1S/C14H9BrF3N3O3/c1-23-13(22)12-11(20)7(5-19)6-21(12)9-2-8(15)3-10(4-9)24-14(16,17)18/h2-4,6H,20H2,1H3. The topological polar surface area (TPSA) is 90.3 Å². The van der Waals surface area contributed by atoms with Gasteiger partial charge in [0.25, 0.3) is 0 Å². The van der Waals surface area contributed by atoms with Gasteiger partial charge in [-0.05, 0) is 12.1 Å². The highest BCUT2D eigenvalue weighted by Gasteiger charge is 2.31. The van der Waals surface area contributed by atoms with Crippen molar-refractivity contribution >= 4 is 27.6 Å². The lowest BCUT2D eigenvalue weighted by Gasteiger charge is -2.13. The quantitative estimate of drug-likeness (QED) is 0.793. The third-order valence-corrected chi connectivity index (χ3v) is 3.37. The van der Waals surface area contributed by atoms with E-state index in [0.717, 1.165) is 23.8 Å². The molecule has 0 atom stereocenters. The highest BCUT2D eigenvalue weighted by atomic mass is 79.9. The second-order valence-electron chi connectivity index (χ2n) is 4.47. The minimum atomic E-state index is -4.88. The SMILES string of the molecule is COC(=O)c1c(N)c(C#N)cn1-c1cc(Br)cc(OC(F)(F)F)c1. The summed E-state index contributed by atoms with van der Waals surface area (Å²) in [5, 5.41) is 9.04. The van der Waals surface area contributed by atoms with E-state index in [0.29, 0.717) is 0 Å². The van der Waals surface area contributed by atoms with Gasteiger partial charge in [0.05, 0.1) is 24.0 Å². The summed E-state index contributed by atoms with van der Waals surface area (Å²) in [7, 11) is 1.12. The summed E-state index contributed by atoms with van der Waals surface area (Å²) >= 11 is 3.07. The van der Waals surface area contributed by atoms with Crippen molar-refractivity contribution in [3.8, 4) is 17.5 Å². The van der Waals surface area contributed by atoms with E-state index >= 15 is 0 Å². The van der Waals surface area contributed by atoms with Gasteiger partial charge in [0.1, 0.15) is 11.8 Å². The molecule has 0 bridgehead atoms. The van der Waals surface area contributed by atoms with Gasteiger partial charge in [-0.25, -0.2) is 4.79 Å². The van der Waals surface area contributed by atoms with E-state index in [1.807, 2.05) is 0 Å². The minimum Gasteiger partial charge on any atom is -0.464 e. The van der Waals surface area contributed by atoms with E-state index in [1.165, 1.54) is 12.3 Å². The number of nitriles is 1. The molecule has 6 nitrogen and oxygen atoms in total. The maximum Gasteiger partial charge on any atom is 0.573 e.